The molecule has 1 heterocycles. The van der Waals surface area contributed by atoms with Gasteiger partial charge in [0, 0.05) is 25.3 Å². The van der Waals surface area contributed by atoms with Gasteiger partial charge in [0.1, 0.15) is 5.60 Å². The number of carbonyl (C=O) groups excluding carboxylic acids is 1. The van der Waals surface area contributed by atoms with Crippen molar-refractivity contribution >= 4 is 11.8 Å². The molecular formula is C17H23F3N2O2. The highest BCUT2D eigenvalue weighted by Gasteiger charge is 2.30. The summed E-state index contributed by atoms with van der Waals surface area (Å²) in [5.41, 5.74) is -0.414. The Morgan fingerprint density at radius 3 is 2.42 bits per heavy atom. The minimum atomic E-state index is -4.32. The van der Waals surface area contributed by atoms with Gasteiger partial charge in [-0.25, -0.2) is 4.79 Å². The van der Waals surface area contributed by atoms with Crippen molar-refractivity contribution in [2.75, 3.05) is 24.5 Å². The number of ether oxygens (including phenoxy) is 1. The van der Waals surface area contributed by atoms with Gasteiger partial charge >= 0.3 is 12.3 Å². The van der Waals surface area contributed by atoms with Crippen molar-refractivity contribution in [3.8, 4) is 0 Å². The first-order chi connectivity index (χ1) is 11.0. The average molecular weight is 344 g/mol. The van der Waals surface area contributed by atoms with Crippen molar-refractivity contribution in [2.45, 2.75) is 39.0 Å². The van der Waals surface area contributed by atoms with E-state index in [9.17, 15) is 18.0 Å². The van der Waals surface area contributed by atoms with Gasteiger partial charge in [-0.2, -0.15) is 13.2 Å². The molecule has 1 saturated heterocycles. The molecule has 24 heavy (non-hydrogen) atoms. The summed E-state index contributed by atoms with van der Waals surface area (Å²) >= 11 is 0. The Bertz CT molecular complexity index is 565. The van der Waals surface area contributed by atoms with Crippen LogP contribution in [0.2, 0.25) is 0 Å². The molecule has 1 aliphatic rings. The zero-order valence-electron chi connectivity index (χ0n) is 14.1. The lowest BCUT2D eigenvalue weighted by Gasteiger charge is -2.21. The van der Waals surface area contributed by atoms with Crippen molar-refractivity contribution in [3.63, 3.8) is 0 Å². The minimum Gasteiger partial charge on any atom is -0.444 e. The Balaban J connectivity index is 1.84. The number of carbonyl (C=O) groups is 1. The van der Waals surface area contributed by atoms with E-state index in [0.717, 1.165) is 30.8 Å². The molecule has 134 valence electrons. The summed E-state index contributed by atoms with van der Waals surface area (Å²) < 4.78 is 42.9. The van der Waals surface area contributed by atoms with Crippen LogP contribution in [0.5, 0.6) is 0 Å². The van der Waals surface area contributed by atoms with Crippen LogP contribution in [0.1, 0.15) is 32.8 Å². The van der Waals surface area contributed by atoms with E-state index in [4.69, 9.17) is 4.74 Å². The van der Waals surface area contributed by atoms with E-state index in [0.29, 0.717) is 13.1 Å². The summed E-state index contributed by atoms with van der Waals surface area (Å²) in [7, 11) is 0. The number of nitrogens with zero attached hydrogens (tertiary/aromatic N) is 1. The Morgan fingerprint density at radius 2 is 1.88 bits per heavy atom. The molecule has 1 amide bonds. The normalized spacial score (nSPS) is 18.6. The molecule has 7 heteroatoms. The average Bonchev–Trinajstić information content (AvgIpc) is 2.91. The maximum atomic E-state index is 12.6. The number of rotatable bonds is 3. The molecule has 1 aliphatic heterocycles. The van der Waals surface area contributed by atoms with Gasteiger partial charge in [-0.15, -0.1) is 0 Å². The second-order valence-corrected chi connectivity index (χ2v) is 7.03. The molecule has 1 aromatic rings. The molecule has 4 nitrogen and oxygen atoms in total. The Hall–Kier alpha value is -1.92. The lowest BCUT2D eigenvalue weighted by molar-refractivity contribution is -0.137. The van der Waals surface area contributed by atoms with Crippen LogP contribution < -0.4 is 10.2 Å². The third kappa shape index (κ3) is 5.32. The van der Waals surface area contributed by atoms with Gasteiger partial charge in [0.05, 0.1) is 5.56 Å². The van der Waals surface area contributed by atoms with E-state index < -0.39 is 23.4 Å². The van der Waals surface area contributed by atoms with E-state index in [1.165, 1.54) is 12.1 Å². The highest BCUT2D eigenvalue weighted by atomic mass is 19.4. The smallest absolute Gasteiger partial charge is 0.416 e. The minimum absolute atomic E-state index is 0.250. The van der Waals surface area contributed by atoms with E-state index in [2.05, 4.69) is 5.32 Å². The van der Waals surface area contributed by atoms with Crippen LogP contribution in [0, 0.1) is 5.92 Å². The SMILES string of the molecule is CC(C)(C)OC(=O)NC[C@@H]1CCN(c2ccc(C(F)(F)F)cc2)C1. The number of hydrogen-bond acceptors (Lipinski definition) is 3. The van der Waals surface area contributed by atoms with Gasteiger partial charge in [0.25, 0.3) is 0 Å². The Morgan fingerprint density at radius 1 is 1.25 bits per heavy atom. The molecule has 1 fully saturated rings. The van der Waals surface area contributed by atoms with Crippen molar-refractivity contribution in [2.24, 2.45) is 5.92 Å². The monoisotopic (exact) mass is 344 g/mol. The highest BCUT2D eigenvalue weighted by Crippen LogP contribution is 2.31. The first kappa shape index (κ1) is 18.4. The number of alkyl carbamates (subject to hydrolysis) is 1. The maximum absolute atomic E-state index is 12.6. The standard InChI is InChI=1S/C17H23F3N2O2/c1-16(2,3)24-15(23)21-10-12-8-9-22(11-12)14-6-4-13(5-7-14)17(18,19)20/h4-7,12H,8-11H2,1-3H3,(H,21,23)/t12-/m0/s1. The number of halogens is 3. The molecule has 0 aromatic heterocycles. The van der Waals surface area contributed by atoms with Gasteiger partial charge in [0.2, 0.25) is 0 Å². The first-order valence-corrected chi connectivity index (χ1v) is 7.94. The Labute approximate surface area is 140 Å². The van der Waals surface area contributed by atoms with Crippen LogP contribution in [0.3, 0.4) is 0 Å². The third-order valence-electron chi connectivity index (χ3n) is 3.78. The number of amides is 1. The summed E-state index contributed by atoms with van der Waals surface area (Å²) in [6.45, 7) is 7.34. The summed E-state index contributed by atoms with van der Waals surface area (Å²) in [5, 5.41) is 2.75. The zero-order chi connectivity index (χ0) is 18.0. The maximum Gasteiger partial charge on any atom is 0.416 e. The zero-order valence-corrected chi connectivity index (χ0v) is 14.1. The van der Waals surface area contributed by atoms with Crippen LogP contribution in [0.25, 0.3) is 0 Å². The van der Waals surface area contributed by atoms with Crippen LogP contribution in [0.4, 0.5) is 23.7 Å². The molecule has 0 unspecified atom stereocenters. The van der Waals surface area contributed by atoms with Gasteiger partial charge in [-0.1, -0.05) is 0 Å². The molecule has 1 aromatic carbocycles. The van der Waals surface area contributed by atoms with Gasteiger partial charge in [-0.3, -0.25) is 0 Å². The summed E-state index contributed by atoms with van der Waals surface area (Å²) in [6.07, 6.45) is -3.89. The fraction of sp³-hybridized carbons (Fsp3) is 0.588. The van der Waals surface area contributed by atoms with Gasteiger partial charge in [-0.05, 0) is 57.4 Å². The van der Waals surface area contributed by atoms with E-state index in [1.807, 2.05) is 4.90 Å². The number of hydrogen-bond donors (Lipinski definition) is 1. The van der Waals surface area contributed by atoms with E-state index in [-0.39, 0.29) is 5.92 Å². The molecule has 0 bridgehead atoms. The second-order valence-electron chi connectivity index (χ2n) is 7.03. The summed E-state index contributed by atoms with van der Waals surface area (Å²) in [5.74, 6) is 0.250. The first-order valence-electron chi connectivity index (χ1n) is 7.94. The summed E-state index contributed by atoms with van der Waals surface area (Å²) in [6, 6.07) is 5.18. The fourth-order valence-electron chi connectivity index (χ4n) is 2.64. The van der Waals surface area contributed by atoms with Crippen LogP contribution in [-0.2, 0) is 10.9 Å². The highest BCUT2D eigenvalue weighted by molar-refractivity contribution is 5.67. The predicted molar refractivity (Wildman–Crippen MR) is 86.0 cm³/mol. The van der Waals surface area contributed by atoms with E-state index in [1.54, 1.807) is 20.8 Å². The largest absolute Gasteiger partial charge is 0.444 e. The predicted octanol–water partition coefficient (Wildman–Crippen LogP) is 4.06. The van der Waals surface area contributed by atoms with Crippen molar-refractivity contribution in [1.82, 2.24) is 5.32 Å². The topological polar surface area (TPSA) is 41.6 Å². The number of anilines is 1. The third-order valence-corrected chi connectivity index (χ3v) is 3.78. The lowest BCUT2D eigenvalue weighted by Crippen LogP contribution is -2.36. The molecule has 1 N–H and O–H groups in total. The Kier molecular flexibility index (Phi) is 5.30. The molecule has 1 atom stereocenters. The van der Waals surface area contributed by atoms with Gasteiger partial charge < -0.3 is 15.0 Å². The molecule has 0 spiro atoms. The number of nitrogens with one attached hydrogen (secondary N) is 1. The second kappa shape index (κ2) is 6.91. The van der Waals surface area contributed by atoms with Crippen molar-refractivity contribution < 1.29 is 22.7 Å². The molecule has 0 radical (unpaired) electrons. The van der Waals surface area contributed by atoms with Gasteiger partial charge in [0.15, 0.2) is 0 Å². The van der Waals surface area contributed by atoms with Crippen molar-refractivity contribution in [3.05, 3.63) is 29.8 Å². The molecule has 0 aliphatic carbocycles. The number of benzene rings is 1. The van der Waals surface area contributed by atoms with Crippen LogP contribution in [0.15, 0.2) is 24.3 Å². The van der Waals surface area contributed by atoms with Crippen LogP contribution >= 0.6 is 0 Å². The summed E-state index contributed by atoms with van der Waals surface area (Å²) in [4.78, 5) is 13.7. The molecule has 2 rings (SSSR count). The molecule has 0 saturated carbocycles. The van der Waals surface area contributed by atoms with Crippen molar-refractivity contribution in [1.29, 1.82) is 0 Å². The van der Waals surface area contributed by atoms with Crippen LogP contribution in [-0.4, -0.2) is 31.3 Å². The number of alkyl halides is 3. The molecular weight excluding hydrogens is 321 g/mol. The fourth-order valence-corrected chi connectivity index (χ4v) is 2.64. The lowest BCUT2D eigenvalue weighted by atomic mass is 10.1. The quantitative estimate of drug-likeness (QED) is 0.899. The van der Waals surface area contributed by atoms with E-state index >= 15 is 0 Å².